The highest BCUT2D eigenvalue weighted by Gasteiger charge is 1.98. The van der Waals surface area contributed by atoms with Crippen molar-refractivity contribution in [2.75, 3.05) is 0 Å². The van der Waals surface area contributed by atoms with Gasteiger partial charge in [0.05, 0.1) is 5.52 Å². The summed E-state index contributed by atoms with van der Waals surface area (Å²) < 4.78 is 1.29. The molecule has 0 aliphatic carbocycles. The fraction of sp³-hybridized carbons (Fsp3) is 0.111. The first-order valence-corrected chi connectivity index (χ1v) is 4.59. The van der Waals surface area contributed by atoms with E-state index in [9.17, 15) is 0 Å². The van der Waals surface area contributed by atoms with Crippen molar-refractivity contribution in [3.05, 3.63) is 33.5 Å². The fourth-order valence-electron chi connectivity index (χ4n) is 1.26. The van der Waals surface area contributed by atoms with Crippen LogP contribution >= 0.6 is 22.6 Å². The van der Waals surface area contributed by atoms with Crippen molar-refractivity contribution in [2.24, 2.45) is 0 Å². The second-order valence-electron chi connectivity index (χ2n) is 2.66. The predicted octanol–water partition coefficient (Wildman–Crippen LogP) is 3.08. The van der Waals surface area contributed by atoms with E-state index in [4.69, 9.17) is 0 Å². The number of aromatic amines is 1. The molecule has 0 radical (unpaired) electrons. The van der Waals surface area contributed by atoms with Crippen molar-refractivity contribution in [3.63, 3.8) is 0 Å². The number of halogens is 1. The Morgan fingerprint density at radius 1 is 1.36 bits per heavy atom. The molecule has 2 heteroatoms. The second kappa shape index (κ2) is 2.52. The minimum absolute atomic E-state index is 1.23. The summed E-state index contributed by atoms with van der Waals surface area (Å²) in [5.74, 6) is 0. The van der Waals surface area contributed by atoms with E-state index in [0.717, 1.165) is 0 Å². The van der Waals surface area contributed by atoms with Gasteiger partial charge < -0.3 is 4.98 Å². The smallest absolute Gasteiger partial charge is 0.0591 e. The predicted molar refractivity (Wildman–Crippen MR) is 55.8 cm³/mol. The van der Waals surface area contributed by atoms with Crippen LogP contribution in [0.3, 0.4) is 0 Å². The quantitative estimate of drug-likeness (QED) is 0.698. The van der Waals surface area contributed by atoms with Crippen LogP contribution < -0.4 is 0 Å². The number of para-hydroxylation sites is 1. The molecule has 1 aromatic carbocycles. The van der Waals surface area contributed by atoms with Gasteiger partial charge >= 0.3 is 0 Å². The molecule has 0 aliphatic rings. The molecule has 1 heterocycles. The van der Waals surface area contributed by atoms with E-state index in [1.165, 1.54) is 20.2 Å². The fourth-order valence-corrected chi connectivity index (χ4v) is 1.91. The van der Waals surface area contributed by atoms with Crippen LogP contribution in [0.4, 0.5) is 0 Å². The molecule has 0 bridgehead atoms. The molecular formula is C9H8IN. The first-order valence-electron chi connectivity index (χ1n) is 3.51. The lowest BCUT2D eigenvalue weighted by Crippen LogP contribution is -1.73. The van der Waals surface area contributed by atoms with Crippen LogP contribution in [0.1, 0.15) is 5.69 Å². The maximum Gasteiger partial charge on any atom is 0.0591 e. The highest BCUT2D eigenvalue weighted by molar-refractivity contribution is 14.1. The van der Waals surface area contributed by atoms with Gasteiger partial charge in [0.1, 0.15) is 0 Å². The molecule has 0 spiro atoms. The van der Waals surface area contributed by atoms with E-state index < -0.39 is 0 Å². The van der Waals surface area contributed by atoms with Gasteiger partial charge in [0.15, 0.2) is 0 Å². The Labute approximate surface area is 78.9 Å². The number of rotatable bonds is 0. The molecule has 0 fully saturated rings. The number of benzene rings is 1. The molecule has 1 nitrogen and oxygen atoms in total. The molecule has 0 aliphatic heterocycles. The lowest BCUT2D eigenvalue weighted by Gasteiger charge is -1.91. The topological polar surface area (TPSA) is 15.8 Å². The number of fused-ring (bicyclic) bond motifs is 1. The summed E-state index contributed by atoms with van der Waals surface area (Å²) in [6, 6.07) is 8.48. The van der Waals surface area contributed by atoms with Crippen molar-refractivity contribution in [3.8, 4) is 0 Å². The minimum Gasteiger partial charge on any atom is -0.358 e. The summed E-state index contributed by atoms with van der Waals surface area (Å²) in [4.78, 5) is 3.32. The Morgan fingerprint density at radius 3 is 2.91 bits per heavy atom. The van der Waals surface area contributed by atoms with Crippen LogP contribution in [0.15, 0.2) is 24.3 Å². The van der Waals surface area contributed by atoms with Gasteiger partial charge in [0.25, 0.3) is 0 Å². The van der Waals surface area contributed by atoms with E-state index in [2.05, 4.69) is 58.8 Å². The molecular weight excluding hydrogens is 249 g/mol. The Kier molecular flexibility index (Phi) is 1.64. The molecule has 0 saturated carbocycles. The van der Waals surface area contributed by atoms with Gasteiger partial charge in [-0.2, -0.15) is 0 Å². The number of hydrogen-bond donors (Lipinski definition) is 1. The van der Waals surface area contributed by atoms with Crippen molar-refractivity contribution < 1.29 is 0 Å². The van der Waals surface area contributed by atoms with Crippen LogP contribution in [-0.2, 0) is 0 Å². The summed E-state index contributed by atoms with van der Waals surface area (Å²) in [7, 11) is 0. The SMILES string of the molecule is Cc1cc2cccc(I)c2[nH]1. The van der Waals surface area contributed by atoms with Crippen molar-refractivity contribution >= 4 is 33.5 Å². The Bertz CT molecular complexity index is 389. The number of aryl methyl sites for hydroxylation is 1. The highest BCUT2D eigenvalue weighted by atomic mass is 127. The standard InChI is InChI=1S/C9H8IN/c1-6-5-7-3-2-4-8(10)9(7)11-6/h2-5,11H,1H3. The molecule has 1 aromatic heterocycles. The number of nitrogens with one attached hydrogen (secondary N) is 1. The Morgan fingerprint density at radius 2 is 2.18 bits per heavy atom. The lowest BCUT2D eigenvalue weighted by atomic mass is 10.2. The van der Waals surface area contributed by atoms with Crippen molar-refractivity contribution in [1.29, 1.82) is 0 Å². The maximum absolute atomic E-state index is 3.32. The molecule has 11 heavy (non-hydrogen) atoms. The van der Waals surface area contributed by atoms with Crippen LogP contribution in [0.2, 0.25) is 0 Å². The van der Waals surface area contributed by atoms with E-state index >= 15 is 0 Å². The van der Waals surface area contributed by atoms with Gasteiger partial charge in [-0.1, -0.05) is 12.1 Å². The highest BCUT2D eigenvalue weighted by Crippen LogP contribution is 2.20. The molecule has 0 amide bonds. The Hall–Kier alpha value is -0.510. The van der Waals surface area contributed by atoms with E-state index in [1.807, 2.05) is 0 Å². The molecule has 0 saturated heterocycles. The molecule has 0 unspecified atom stereocenters. The maximum atomic E-state index is 3.32. The summed E-state index contributed by atoms with van der Waals surface area (Å²) in [5, 5.41) is 1.30. The molecule has 56 valence electrons. The zero-order valence-electron chi connectivity index (χ0n) is 6.19. The summed E-state index contributed by atoms with van der Waals surface area (Å²) >= 11 is 2.34. The Balaban J connectivity index is 2.90. The van der Waals surface area contributed by atoms with Gasteiger partial charge in [-0.05, 0) is 41.6 Å². The third-order valence-electron chi connectivity index (χ3n) is 1.74. The van der Waals surface area contributed by atoms with Crippen molar-refractivity contribution in [1.82, 2.24) is 4.98 Å². The largest absolute Gasteiger partial charge is 0.358 e. The third-order valence-corrected chi connectivity index (χ3v) is 2.64. The second-order valence-corrected chi connectivity index (χ2v) is 3.82. The first-order chi connectivity index (χ1) is 5.27. The van der Waals surface area contributed by atoms with E-state index in [-0.39, 0.29) is 0 Å². The summed E-state index contributed by atoms with van der Waals surface area (Å²) in [6.45, 7) is 2.08. The van der Waals surface area contributed by atoms with E-state index in [0.29, 0.717) is 0 Å². The number of aromatic nitrogens is 1. The number of hydrogen-bond acceptors (Lipinski definition) is 0. The zero-order valence-corrected chi connectivity index (χ0v) is 8.34. The normalized spacial score (nSPS) is 10.7. The number of H-pyrrole nitrogens is 1. The van der Waals surface area contributed by atoms with Gasteiger partial charge in [0.2, 0.25) is 0 Å². The molecule has 2 rings (SSSR count). The van der Waals surface area contributed by atoms with Gasteiger partial charge in [-0.3, -0.25) is 0 Å². The van der Waals surface area contributed by atoms with Gasteiger partial charge in [-0.15, -0.1) is 0 Å². The van der Waals surface area contributed by atoms with Crippen LogP contribution in [0.5, 0.6) is 0 Å². The third kappa shape index (κ3) is 1.15. The van der Waals surface area contributed by atoms with Crippen LogP contribution in [-0.4, -0.2) is 4.98 Å². The molecule has 2 aromatic rings. The van der Waals surface area contributed by atoms with E-state index in [1.54, 1.807) is 0 Å². The zero-order chi connectivity index (χ0) is 7.84. The van der Waals surface area contributed by atoms with Crippen LogP contribution in [0.25, 0.3) is 10.9 Å². The average Bonchev–Trinajstić information content (AvgIpc) is 2.31. The van der Waals surface area contributed by atoms with Crippen molar-refractivity contribution in [2.45, 2.75) is 6.92 Å². The monoisotopic (exact) mass is 257 g/mol. The first kappa shape index (κ1) is 7.16. The van der Waals surface area contributed by atoms with Crippen LogP contribution in [0, 0.1) is 10.5 Å². The summed E-state index contributed by atoms with van der Waals surface area (Å²) in [6.07, 6.45) is 0. The minimum atomic E-state index is 1.23. The van der Waals surface area contributed by atoms with Gasteiger partial charge in [0, 0.05) is 14.7 Å². The molecule has 1 N–H and O–H groups in total. The molecule has 0 atom stereocenters. The summed E-state index contributed by atoms with van der Waals surface area (Å²) in [5.41, 5.74) is 2.48. The van der Waals surface area contributed by atoms with Gasteiger partial charge in [-0.25, -0.2) is 0 Å². The average molecular weight is 257 g/mol. The lowest BCUT2D eigenvalue weighted by molar-refractivity contribution is 1.30.